The van der Waals surface area contributed by atoms with Crippen LogP contribution in [0.25, 0.3) is 0 Å². The Balaban J connectivity index is 2.90. The fraction of sp³-hybridized carbons (Fsp3) is 0.300. The smallest absolute Gasteiger partial charge is 0.346 e. The van der Waals surface area contributed by atoms with Gasteiger partial charge in [-0.2, -0.15) is 4.39 Å². The van der Waals surface area contributed by atoms with Gasteiger partial charge in [0.1, 0.15) is 5.75 Å². The van der Waals surface area contributed by atoms with Crippen molar-refractivity contribution >= 4 is 11.7 Å². The van der Waals surface area contributed by atoms with Gasteiger partial charge in [0.25, 0.3) is 0 Å². The molecule has 92 valence electrons. The molecule has 1 atom stereocenters. The minimum atomic E-state index is -0.965. The van der Waals surface area contributed by atoms with Crippen LogP contribution in [0.2, 0.25) is 0 Å². The number of carbonyl (C=O) groups is 1. The average Bonchev–Trinajstić information content (AvgIpc) is 2.30. The monoisotopic (exact) mass is 243 g/mol. The van der Waals surface area contributed by atoms with Gasteiger partial charge >= 0.3 is 11.7 Å². The zero-order chi connectivity index (χ0) is 13.0. The third-order valence-corrected chi connectivity index (χ3v) is 1.96. The highest BCUT2D eigenvalue weighted by molar-refractivity contribution is 5.74. The molecule has 0 heterocycles. The predicted octanol–water partition coefficient (Wildman–Crippen LogP) is 1.67. The second-order valence-electron chi connectivity index (χ2n) is 3.15. The molecule has 0 N–H and O–H groups in total. The topological polar surface area (TPSA) is 78.7 Å². The molecule has 1 rings (SSSR count). The molecular formula is C10H10FNO5. The van der Waals surface area contributed by atoms with Gasteiger partial charge in [-0.3, -0.25) is 10.1 Å². The Morgan fingerprint density at radius 3 is 2.71 bits per heavy atom. The SMILES string of the molecule is COC(=O)[C@@H](C)Oc1ccc(F)c([N+](=O)[O-])c1. The summed E-state index contributed by atoms with van der Waals surface area (Å²) in [6.45, 7) is 1.42. The highest BCUT2D eigenvalue weighted by Crippen LogP contribution is 2.24. The molecular weight excluding hydrogens is 233 g/mol. The van der Waals surface area contributed by atoms with E-state index < -0.39 is 28.5 Å². The lowest BCUT2D eigenvalue weighted by atomic mass is 10.3. The van der Waals surface area contributed by atoms with Crippen molar-refractivity contribution in [2.45, 2.75) is 13.0 Å². The summed E-state index contributed by atoms with van der Waals surface area (Å²) >= 11 is 0. The van der Waals surface area contributed by atoms with Crippen molar-refractivity contribution in [3.8, 4) is 5.75 Å². The first kappa shape index (κ1) is 12.9. The number of hydrogen-bond acceptors (Lipinski definition) is 5. The van der Waals surface area contributed by atoms with E-state index in [1.165, 1.54) is 20.1 Å². The largest absolute Gasteiger partial charge is 0.479 e. The van der Waals surface area contributed by atoms with E-state index in [0.717, 1.165) is 12.1 Å². The third kappa shape index (κ3) is 3.13. The van der Waals surface area contributed by atoms with Crippen LogP contribution in [0.15, 0.2) is 18.2 Å². The van der Waals surface area contributed by atoms with Crippen LogP contribution >= 0.6 is 0 Å². The lowest BCUT2D eigenvalue weighted by Gasteiger charge is -2.11. The van der Waals surface area contributed by atoms with E-state index in [1.807, 2.05) is 0 Å². The second-order valence-corrected chi connectivity index (χ2v) is 3.15. The van der Waals surface area contributed by atoms with Crippen LogP contribution < -0.4 is 4.74 Å². The fourth-order valence-corrected chi connectivity index (χ4v) is 1.12. The van der Waals surface area contributed by atoms with Gasteiger partial charge in [0.05, 0.1) is 18.1 Å². The predicted molar refractivity (Wildman–Crippen MR) is 55.2 cm³/mol. The fourth-order valence-electron chi connectivity index (χ4n) is 1.12. The first-order valence-electron chi connectivity index (χ1n) is 4.64. The summed E-state index contributed by atoms with van der Waals surface area (Å²) in [7, 11) is 1.19. The summed E-state index contributed by atoms with van der Waals surface area (Å²) in [6.07, 6.45) is -0.926. The van der Waals surface area contributed by atoms with Crippen molar-refractivity contribution in [1.82, 2.24) is 0 Å². The van der Waals surface area contributed by atoms with E-state index in [9.17, 15) is 19.3 Å². The maximum atomic E-state index is 13.0. The van der Waals surface area contributed by atoms with Gasteiger partial charge in [0.2, 0.25) is 5.82 Å². The van der Waals surface area contributed by atoms with Crippen LogP contribution in [0.1, 0.15) is 6.92 Å². The molecule has 1 aromatic carbocycles. The van der Waals surface area contributed by atoms with Gasteiger partial charge in [0.15, 0.2) is 6.10 Å². The van der Waals surface area contributed by atoms with Crippen LogP contribution in [0.5, 0.6) is 5.75 Å². The molecule has 0 aliphatic carbocycles. The van der Waals surface area contributed by atoms with Crippen LogP contribution in [0.4, 0.5) is 10.1 Å². The molecule has 0 aliphatic rings. The van der Waals surface area contributed by atoms with Crippen molar-refractivity contribution in [3.63, 3.8) is 0 Å². The molecule has 0 spiro atoms. The summed E-state index contributed by atoms with van der Waals surface area (Å²) < 4.78 is 22.5. The molecule has 0 fully saturated rings. The Morgan fingerprint density at radius 2 is 2.18 bits per heavy atom. The third-order valence-electron chi connectivity index (χ3n) is 1.96. The summed E-state index contributed by atoms with van der Waals surface area (Å²) in [5.41, 5.74) is -0.709. The van der Waals surface area contributed by atoms with E-state index in [4.69, 9.17) is 4.74 Å². The number of halogens is 1. The minimum Gasteiger partial charge on any atom is -0.479 e. The average molecular weight is 243 g/mol. The van der Waals surface area contributed by atoms with Gasteiger partial charge in [0, 0.05) is 0 Å². The van der Waals surface area contributed by atoms with Crippen molar-refractivity contribution < 1.29 is 23.6 Å². The number of hydrogen-bond donors (Lipinski definition) is 0. The van der Waals surface area contributed by atoms with Gasteiger partial charge in [-0.05, 0) is 19.1 Å². The molecule has 0 saturated carbocycles. The lowest BCUT2D eigenvalue weighted by Crippen LogP contribution is -2.24. The number of carbonyl (C=O) groups excluding carboxylic acids is 1. The van der Waals surface area contributed by atoms with Gasteiger partial charge in [-0.25, -0.2) is 4.79 Å². The van der Waals surface area contributed by atoms with E-state index in [-0.39, 0.29) is 5.75 Å². The zero-order valence-electron chi connectivity index (χ0n) is 9.18. The Morgan fingerprint density at radius 1 is 1.53 bits per heavy atom. The molecule has 1 aromatic rings. The number of ether oxygens (including phenoxy) is 2. The van der Waals surface area contributed by atoms with E-state index in [1.54, 1.807) is 0 Å². The van der Waals surface area contributed by atoms with Gasteiger partial charge in [-0.1, -0.05) is 0 Å². The van der Waals surface area contributed by atoms with E-state index in [0.29, 0.717) is 0 Å². The molecule has 0 amide bonds. The number of nitro groups is 1. The standard InChI is InChI=1S/C10H10FNO5/c1-6(10(13)16-2)17-7-3-4-8(11)9(5-7)12(14)15/h3-6H,1-2H3/t6-/m1/s1. The first-order valence-corrected chi connectivity index (χ1v) is 4.64. The van der Waals surface area contributed by atoms with Crippen LogP contribution in [0.3, 0.4) is 0 Å². The summed E-state index contributed by atoms with van der Waals surface area (Å²) in [4.78, 5) is 20.6. The Kier molecular flexibility index (Phi) is 3.97. The molecule has 7 heteroatoms. The van der Waals surface area contributed by atoms with E-state index >= 15 is 0 Å². The molecule has 0 saturated heterocycles. The molecule has 6 nitrogen and oxygen atoms in total. The minimum absolute atomic E-state index is 0.0241. The highest BCUT2D eigenvalue weighted by atomic mass is 19.1. The number of rotatable bonds is 4. The quantitative estimate of drug-likeness (QED) is 0.456. The highest BCUT2D eigenvalue weighted by Gasteiger charge is 2.19. The normalized spacial score (nSPS) is 11.7. The molecule has 0 unspecified atom stereocenters. The lowest BCUT2D eigenvalue weighted by molar-refractivity contribution is -0.387. The Bertz CT molecular complexity index is 448. The number of nitrogens with zero attached hydrogens (tertiary/aromatic N) is 1. The first-order chi connectivity index (χ1) is 7.95. The van der Waals surface area contributed by atoms with Crippen molar-refractivity contribution in [1.29, 1.82) is 0 Å². The van der Waals surface area contributed by atoms with Crippen molar-refractivity contribution in [3.05, 3.63) is 34.1 Å². The summed E-state index contributed by atoms with van der Waals surface area (Å²) in [6, 6.07) is 3.01. The molecule has 0 aliphatic heterocycles. The second kappa shape index (κ2) is 5.24. The van der Waals surface area contributed by atoms with E-state index in [2.05, 4.69) is 4.74 Å². The number of methoxy groups -OCH3 is 1. The molecule has 0 aromatic heterocycles. The molecule has 0 radical (unpaired) electrons. The summed E-state index contributed by atoms with van der Waals surface area (Å²) in [5, 5.41) is 10.5. The number of nitro benzene ring substituents is 1. The zero-order valence-corrected chi connectivity index (χ0v) is 9.18. The van der Waals surface area contributed by atoms with Crippen molar-refractivity contribution in [2.75, 3.05) is 7.11 Å². The van der Waals surface area contributed by atoms with Crippen LogP contribution in [-0.4, -0.2) is 24.1 Å². The number of esters is 1. The molecule has 0 bridgehead atoms. The van der Waals surface area contributed by atoms with Crippen molar-refractivity contribution in [2.24, 2.45) is 0 Å². The number of benzene rings is 1. The van der Waals surface area contributed by atoms with Crippen LogP contribution in [0, 0.1) is 15.9 Å². The Hall–Kier alpha value is -2.18. The Labute approximate surface area is 96.1 Å². The molecule has 17 heavy (non-hydrogen) atoms. The summed E-state index contributed by atoms with van der Waals surface area (Å²) in [5.74, 6) is -1.57. The van der Waals surface area contributed by atoms with Gasteiger partial charge < -0.3 is 9.47 Å². The maximum absolute atomic E-state index is 13.0. The van der Waals surface area contributed by atoms with Crippen LogP contribution in [-0.2, 0) is 9.53 Å². The van der Waals surface area contributed by atoms with Gasteiger partial charge in [-0.15, -0.1) is 0 Å². The maximum Gasteiger partial charge on any atom is 0.346 e.